The average Bonchev–Trinajstić information content (AvgIpc) is 2.51. The lowest BCUT2D eigenvalue weighted by Crippen LogP contribution is -2.40. The molecule has 1 amide bonds. The molecule has 0 bridgehead atoms. The van der Waals surface area contributed by atoms with Crippen LogP contribution >= 0.6 is 15.9 Å². The maximum Gasteiger partial charge on any atom is 0.224 e. The van der Waals surface area contributed by atoms with Gasteiger partial charge in [-0.05, 0) is 41.9 Å². The Kier molecular flexibility index (Phi) is 3.93. The van der Waals surface area contributed by atoms with E-state index in [2.05, 4.69) is 21.2 Å². The minimum absolute atomic E-state index is 0.310. The molecule has 0 saturated carbocycles. The number of rotatable bonds is 5. The van der Waals surface area contributed by atoms with E-state index in [0.29, 0.717) is 17.8 Å². The highest BCUT2D eigenvalue weighted by molar-refractivity contribution is 9.10. The molecule has 0 unspecified atom stereocenters. The molecule has 1 aromatic rings. The van der Waals surface area contributed by atoms with Crippen LogP contribution in [-0.2, 0) is 11.3 Å². The fourth-order valence-electron chi connectivity index (χ4n) is 1.03. The fraction of sp³-hybridized carbons (Fsp3) is 0.500. The number of hydrogen-bond acceptors (Lipinski definition) is 3. The third-order valence-electron chi connectivity index (χ3n) is 2.16. The van der Waals surface area contributed by atoms with Crippen LogP contribution in [0.25, 0.3) is 0 Å². The number of amides is 1. The first-order valence-corrected chi connectivity index (χ1v) is 5.46. The minimum atomic E-state index is -0.538. The van der Waals surface area contributed by atoms with Gasteiger partial charge >= 0.3 is 0 Å². The molecule has 0 aliphatic rings. The normalized spacial score (nSPS) is 11.7. The summed E-state index contributed by atoms with van der Waals surface area (Å²) in [7, 11) is 0. The van der Waals surface area contributed by atoms with Gasteiger partial charge in [0, 0.05) is 6.54 Å². The zero-order valence-corrected chi connectivity index (χ0v) is 10.4. The highest BCUT2D eigenvalue weighted by Gasteiger charge is 2.24. The zero-order valence-electron chi connectivity index (χ0n) is 8.84. The van der Waals surface area contributed by atoms with E-state index < -0.39 is 5.41 Å². The molecule has 1 heterocycles. The molecule has 0 aromatic carbocycles. The van der Waals surface area contributed by atoms with Crippen molar-refractivity contribution in [3.05, 3.63) is 22.6 Å². The van der Waals surface area contributed by atoms with Crippen molar-refractivity contribution in [3.63, 3.8) is 0 Å². The Bertz CT molecular complexity index is 347. The SMILES string of the molecule is CC(C)(CNCc1ccc(Br)o1)C(N)=O. The van der Waals surface area contributed by atoms with E-state index in [1.165, 1.54) is 0 Å². The Labute approximate surface area is 97.3 Å². The number of carbonyl (C=O) groups excluding carboxylic acids is 1. The summed E-state index contributed by atoms with van der Waals surface area (Å²) in [6.07, 6.45) is 0. The lowest BCUT2D eigenvalue weighted by atomic mass is 9.93. The van der Waals surface area contributed by atoms with Crippen molar-refractivity contribution in [1.29, 1.82) is 0 Å². The van der Waals surface area contributed by atoms with Crippen molar-refractivity contribution in [1.82, 2.24) is 5.32 Å². The number of halogens is 1. The van der Waals surface area contributed by atoms with Gasteiger partial charge in [0.2, 0.25) is 5.91 Å². The predicted octanol–water partition coefficient (Wildman–Crippen LogP) is 1.64. The highest BCUT2D eigenvalue weighted by atomic mass is 79.9. The lowest BCUT2D eigenvalue weighted by Gasteiger charge is -2.20. The lowest BCUT2D eigenvalue weighted by molar-refractivity contribution is -0.125. The van der Waals surface area contributed by atoms with Gasteiger partial charge < -0.3 is 15.5 Å². The van der Waals surface area contributed by atoms with Crippen molar-refractivity contribution in [2.24, 2.45) is 11.1 Å². The van der Waals surface area contributed by atoms with Crippen LogP contribution in [0.5, 0.6) is 0 Å². The molecule has 0 radical (unpaired) electrons. The van der Waals surface area contributed by atoms with Crippen molar-refractivity contribution in [2.45, 2.75) is 20.4 Å². The largest absolute Gasteiger partial charge is 0.453 e. The van der Waals surface area contributed by atoms with Crippen LogP contribution in [0.2, 0.25) is 0 Å². The second-order valence-corrected chi connectivity index (χ2v) is 4.84. The molecule has 4 nitrogen and oxygen atoms in total. The Morgan fingerprint density at radius 3 is 2.73 bits per heavy atom. The molecule has 1 rings (SSSR count). The smallest absolute Gasteiger partial charge is 0.224 e. The molecule has 0 saturated heterocycles. The highest BCUT2D eigenvalue weighted by Crippen LogP contribution is 2.15. The number of furan rings is 1. The molecular formula is C10H15BrN2O2. The summed E-state index contributed by atoms with van der Waals surface area (Å²) < 4.78 is 6.00. The minimum Gasteiger partial charge on any atom is -0.453 e. The van der Waals surface area contributed by atoms with Gasteiger partial charge in [-0.1, -0.05) is 0 Å². The van der Waals surface area contributed by atoms with Gasteiger partial charge in [-0.15, -0.1) is 0 Å². The van der Waals surface area contributed by atoms with E-state index in [4.69, 9.17) is 10.2 Å². The van der Waals surface area contributed by atoms with Gasteiger partial charge in [-0.25, -0.2) is 0 Å². The average molecular weight is 275 g/mol. The van der Waals surface area contributed by atoms with Crippen LogP contribution < -0.4 is 11.1 Å². The topological polar surface area (TPSA) is 68.3 Å². The maximum absolute atomic E-state index is 11.0. The van der Waals surface area contributed by atoms with Gasteiger partial charge in [0.15, 0.2) is 4.67 Å². The molecule has 0 spiro atoms. The molecule has 5 heteroatoms. The molecule has 3 N–H and O–H groups in total. The van der Waals surface area contributed by atoms with Gasteiger partial charge in [0.1, 0.15) is 5.76 Å². The zero-order chi connectivity index (χ0) is 11.5. The summed E-state index contributed by atoms with van der Waals surface area (Å²) in [6.45, 7) is 4.73. The molecule has 0 aliphatic heterocycles. The number of carbonyl (C=O) groups is 1. The second kappa shape index (κ2) is 4.81. The molecular weight excluding hydrogens is 260 g/mol. The van der Waals surface area contributed by atoms with Gasteiger partial charge in [-0.3, -0.25) is 4.79 Å². The van der Waals surface area contributed by atoms with Crippen LogP contribution in [-0.4, -0.2) is 12.5 Å². The molecule has 0 aliphatic carbocycles. The Morgan fingerprint density at radius 2 is 2.27 bits per heavy atom. The Hall–Kier alpha value is -0.810. The van der Waals surface area contributed by atoms with E-state index in [1.807, 2.05) is 12.1 Å². The first-order valence-electron chi connectivity index (χ1n) is 4.66. The summed E-state index contributed by atoms with van der Waals surface area (Å²) in [5.74, 6) is 0.512. The quantitative estimate of drug-likeness (QED) is 0.858. The first kappa shape index (κ1) is 12.3. The standard InChI is InChI=1S/C10H15BrN2O2/c1-10(2,9(12)14)6-13-5-7-3-4-8(11)15-7/h3-4,13H,5-6H2,1-2H3,(H2,12,14). The monoisotopic (exact) mass is 274 g/mol. The summed E-state index contributed by atoms with van der Waals surface area (Å²) in [6, 6.07) is 3.70. The first-order chi connectivity index (χ1) is 6.92. The van der Waals surface area contributed by atoms with Crippen molar-refractivity contribution < 1.29 is 9.21 Å². The van der Waals surface area contributed by atoms with Crippen LogP contribution in [0.15, 0.2) is 21.2 Å². The van der Waals surface area contributed by atoms with E-state index >= 15 is 0 Å². The second-order valence-electron chi connectivity index (χ2n) is 4.06. The third-order valence-corrected chi connectivity index (χ3v) is 2.59. The van der Waals surface area contributed by atoms with Crippen LogP contribution in [0, 0.1) is 5.41 Å². The van der Waals surface area contributed by atoms with Crippen molar-refractivity contribution in [3.8, 4) is 0 Å². The van der Waals surface area contributed by atoms with Gasteiger partial charge in [0.25, 0.3) is 0 Å². The third kappa shape index (κ3) is 3.68. The van der Waals surface area contributed by atoms with Crippen LogP contribution in [0.3, 0.4) is 0 Å². The van der Waals surface area contributed by atoms with Crippen LogP contribution in [0.1, 0.15) is 19.6 Å². The summed E-state index contributed by atoms with van der Waals surface area (Å²) in [4.78, 5) is 11.0. The number of primary amides is 1. The summed E-state index contributed by atoms with van der Waals surface area (Å²) in [5, 5.41) is 3.12. The van der Waals surface area contributed by atoms with Crippen molar-refractivity contribution >= 4 is 21.8 Å². The van der Waals surface area contributed by atoms with E-state index in [1.54, 1.807) is 13.8 Å². The van der Waals surface area contributed by atoms with Crippen molar-refractivity contribution in [2.75, 3.05) is 6.54 Å². The Balaban J connectivity index is 2.36. The predicted molar refractivity (Wildman–Crippen MR) is 61.1 cm³/mol. The van der Waals surface area contributed by atoms with E-state index in [0.717, 1.165) is 5.76 Å². The number of nitrogens with two attached hydrogens (primary N) is 1. The molecule has 0 fully saturated rings. The Morgan fingerprint density at radius 1 is 1.60 bits per heavy atom. The van der Waals surface area contributed by atoms with Crippen LogP contribution in [0.4, 0.5) is 0 Å². The van der Waals surface area contributed by atoms with E-state index in [-0.39, 0.29) is 5.91 Å². The molecule has 84 valence electrons. The fourth-order valence-corrected chi connectivity index (χ4v) is 1.37. The maximum atomic E-state index is 11.0. The molecule has 15 heavy (non-hydrogen) atoms. The number of hydrogen-bond donors (Lipinski definition) is 2. The molecule has 0 atom stereocenters. The summed E-state index contributed by atoms with van der Waals surface area (Å²) >= 11 is 3.22. The van der Waals surface area contributed by atoms with E-state index in [9.17, 15) is 4.79 Å². The summed E-state index contributed by atoms with van der Waals surface area (Å²) in [5.41, 5.74) is 4.71. The number of nitrogens with one attached hydrogen (secondary N) is 1. The van der Waals surface area contributed by atoms with Gasteiger partial charge in [0.05, 0.1) is 12.0 Å². The van der Waals surface area contributed by atoms with Gasteiger partial charge in [-0.2, -0.15) is 0 Å². The molecule has 1 aromatic heterocycles.